The topological polar surface area (TPSA) is 49.8 Å². The molecule has 1 heterocycles. The number of benzene rings is 2. The molecule has 0 saturated heterocycles. The van der Waals surface area contributed by atoms with Crippen molar-refractivity contribution in [2.75, 3.05) is 10.6 Å². The minimum absolute atomic E-state index is 0.214. The summed E-state index contributed by atoms with van der Waals surface area (Å²) in [6, 6.07) is 19.6. The van der Waals surface area contributed by atoms with Crippen molar-refractivity contribution in [2.45, 2.75) is 76.3 Å². The Morgan fingerprint density at radius 1 is 0.971 bits per heavy atom. The van der Waals surface area contributed by atoms with Crippen LogP contribution in [0.3, 0.4) is 0 Å². The average Bonchev–Trinajstić information content (AvgIpc) is 3.11. The summed E-state index contributed by atoms with van der Waals surface area (Å²) in [6.45, 7) is 2.23. The van der Waals surface area contributed by atoms with Gasteiger partial charge in [0.05, 0.1) is 0 Å². The second-order valence-electron chi connectivity index (χ2n) is 9.27. The zero-order chi connectivity index (χ0) is 23.8. The molecule has 1 aliphatic rings. The molecule has 4 rings (SSSR count). The first-order valence-corrected chi connectivity index (χ1v) is 13.6. The molecule has 0 amide bonds. The quantitative estimate of drug-likeness (QED) is 0.268. The normalized spacial score (nSPS) is 16.4. The highest BCUT2D eigenvalue weighted by atomic mass is 79.9. The van der Waals surface area contributed by atoms with Gasteiger partial charge in [-0.3, -0.25) is 0 Å². The van der Waals surface area contributed by atoms with E-state index in [9.17, 15) is 0 Å². The van der Waals surface area contributed by atoms with E-state index in [4.69, 9.17) is 11.6 Å². The van der Waals surface area contributed by atoms with Gasteiger partial charge in [-0.25, -0.2) is 9.97 Å². The van der Waals surface area contributed by atoms with Gasteiger partial charge >= 0.3 is 0 Å². The van der Waals surface area contributed by atoms with Crippen LogP contribution in [0.1, 0.15) is 68.9 Å². The molecule has 0 unspecified atom stereocenters. The fourth-order valence-electron chi connectivity index (χ4n) is 4.93. The maximum Gasteiger partial charge on any atom is 0.131 e. The molecule has 0 radical (unpaired) electrons. The number of halogens is 2. The minimum Gasteiger partial charge on any atom is -0.367 e. The van der Waals surface area contributed by atoms with Crippen LogP contribution in [0.4, 0.5) is 11.6 Å². The van der Waals surface area contributed by atoms with Crippen LogP contribution < -0.4 is 10.6 Å². The number of aromatic nitrogens is 2. The molecular weight excluding hydrogens is 508 g/mol. The van der Waals surface area contributed by atoms with E-state index in [2.05, 4.69) is 85.9 Å². The van der Waals surface area contributed by atoms with Gasteiger partial charge < -0.3 is 10.6 Å². The van der Waals surface area contributed by atoms with E-state index in [1.54, 1.807) is 6.33 Å². The van der Waals surface area contributed by atoms with E-state index < -0.39 is 0 Å². The second-order valence-corrected chi connectivity index (χ2v) is 10.6. The van der Waals surface area contributed by atoms with E-state index in [0.29, 0.717) is 6.04 Å². The fraction of sp³-hybridized carbons (Fsp3) is 0.429. The summed E-state index contributed by atoms with van der Waals surface area (Å²) in [4.78, 5) is 9.07. The average molecular weight is 542 g/mol. The summed E-state index contributed by atoms with van der Waals surface area (Å²) in [5.41, 5.74) is 2.57. The number of nitrogens with zero attached hydrogens (tertiary/aromatic N) is 2. The van der Waals surface area contributed by atoms with Crippen molar-refractivity contribution in [1.82, 2.24) is 9.97 Å². The second kappa shape index (κ2) is 12.6. The van der Waals surface area contributed by atoms with Crippen LogP contribution in [0.15, 0.2) is 65.4 Å². The van der Waals surface area contributed by atoms with Gasteiger partial charge in [0.25, 0.3) is 0 Å². The van der Waals surface area contributed by atoms with Crippen LogP contribution in [-0.2, 0) is 6.42 Å². The lowest BCUT2D eigenvalue weighted by Gasteiger charge is -2.29. The molecule has 1 fully saturated rings. The number of nitrogens with one attached hydrogen (secondary N) is 2. The van der Waals surface area contributed by atoms with Crippen molar-refractivity contribution in [1.29, 1.82) is 0 Å². The van der Waals surface area contributed by atoms with Crippen LogP contribution in [0.5, 0.6) is 0 Å². The molecule has 1 saturated carbocycles. The summed E-state index contributed by atoms with van der Waals surface area (Å²) in [7, 11) is 0. The Balaban J connectivity index is 1.54. The molecule has 0 bridgehead atoms. The Morgan fingerprint density at radius 3 is 2.41 bits per heavy atom. The van der Waals surface area contributed by atoms with E-state index in [0.717, 1.165) is 34.0 Å². The van der Waals surface area contributed by atoms with E-state index in [1.807, 2.05) is 12.1 Å². The molecule has 0 aliphatic heterocycles. The predicted octanol–water partition coefficient (Wildman–Crippen LogP) is 8.24. The molecule has 2 aromatic carbocycles. The molecule has 3 aromatic rings. The third kappa shape index (κ3) is 7.19. The third-order valence-electron chi connectivity index (χ3n) is 6.78. The van der Waals surface area contributed by atoms with E-state index in [1.165, 1.54) is 49.7 Å². The smallest absolute Gasteiger partial charge is 0.131 e. The predicted molar refractivity (Wildman–Crippen MR) is 147 cm³/mol. The molecule has 2 atom stereocenters. The van der Waals surface area contributed by atoms with E-state index in [-0.39, 0.29) is 12.0 Å². The van der Waals surface area contributed by atoms with Gasteiger partial charge in [-0.2, -0.15) is 0 Å². The van der Waals surface area contributed by atoms with Crippen molar-refractivity contribution < 1.29 is 0 Å². The van der Waals surface area contributed by atoms with Gasteiger partial charge in [-0.15, -0.1) is 0 Å². The van der Waals surface area contributed by atoms with Crippen molar-refractivity contribution in [3.63, 3.8) is 0 Å². The lowest BCUT2D eigenvalue weighted by molar-refractivity contribution is 0.543. The van der Waals surface area contributed by atoms with Crippen molar-refractivity contribution >= 4 is 39.2 Å². The Bertz CT molecular complexity index is 1030. The van der Waals surface area contributed by atoms with Gasteiger partial charge in [-0.1, -0.05) is 84.4 Å². The Hall–Kier alpha value is -2.11. The largest absolute Gasteiger partial charge is 0.367 e. The van der Waals surface area contributed by atoms with Gasteiger partial charge in [0.1, 0.15) is 18.0 Å². The maximum absolute atomic E-state index is 6.14. The highest BCUT2D eigenvalue weighted by Crippen LogP contribution is 2.31. The highest BCUT2D eigenvalue weighted by molar-refractivity contribution is 9.10. The minimum atomic E-state index is 0.214. The number of anilines is 2. The lowest BCUT2D eigenvalue weighted by atomic mass is 9.84. The lowest BCUT2D eigenvalue weighted by Crippen LogP contribution is -2.29. The molecule has 34 heavy (non-hydrogen) atoms. The van der Waals surface area contributed by atoms with Gasteiger partial charge in [0.15, 0.2) is 0 Å². The molecule has 1 aliphatic carbocycles. The van der Waals surface area contributed by atoms with Crippen LogP contribution in [-0.4, -0.2) is 22.1 Å². The monoisotopic (exact) mass is 540 g/mol. The van der Waals surface area contributed by atoms with Gasteiger partial charge in [-0.05, 0) is 61.1 Å². The van der Waals surface area contributed by atoms with Gasteiger partial charge in [0.2, 0.25) is 0 Å². The van der Waals surface area contributed by atoms with Crippen LogP contribution in [0.2, 0.25) is 5.02 Å². The van der Waals surface area contributed by atoms with E-state index >= 15 is 0 Å². The van der Waals surface area contributed by atoms with Crippen LogP contribution in [0.25, 0.3) is 0 Å². The molecule has 4 nitrogen and oxygen atoms in total. The fourth-order valence-corrected chi connectivity index (χ4v) is 5.47. The Morgan fingerprint density at radius 2 is 1.71 bits per heavy atom. The molecule has 180 valence electrons. The zero-order valence-electron chi connectivity index (χ0n) is 19.8. The number of rotatable bonds is 9. The molecular formula is C28H34BrClN4. The highest BCUT2D eigenvalue weighted by Gasteiger charge is 2.23. The van der Waals surface area contributed by atoms with Gasteiger partial charge in [0, 0.05) is 33.6 Å². The SMILES string of the molecule is CC[C@H](Nc1cc(NC2CCCCCC2)ncn1)[C@@H](Cc1ccc(Cl)cc1)c1cccc(Br)c1. The summed E-state index contributed by atoms with van der Waals surface area (Å²) in [5.74, 6) is 2.06. The Kier molecular flexibility index (Phi) is 9.23. The molecule has 6 heteroatoms. The number of hydrogen-bond donors (Lipinski definition) is 2. The maximum atomic E-state index is 6.14. The molecule has 2 N–H and O–H groups in total. The summed E-state index contributed by atoms with van der Waals surface area (Å²) >= 11 is 9.80. The van der Waals surface area contributed by atoms with Crippen molar-refractivity contribution in [3.05, 3.63) is 81.5 Å². The summed E-state index contributed by atoms with van der Waals surface area (Å²) < 4.78 is 1.10. The molecule has 0 spiro atoms. The first-order valence-electron chi connectivity index (χ1n) is 12.5. The first kappa shape index (κ1) is 25.0. The van der Waals surface area contributed by atoms with Crippen molar-refractivity contribution in [2.24, 2.45) is 0 Å². The number of hydrogen-bond acceptors (Lipinski definition) is 4. The Labute approximate surface area is 217 Å². The first-order chi connectivity index (χ1) is 16.6. The summed E-state index contributed by atoms with van der Waals surface area (Å²) in [5, 5.41) is 8.16. The summed E-state index contributed by atoms with van der Waals surface area (Å²) in [6.07, 6.45) is 11.3. The van der Waals surface area contributed by atoms with Crippen LogP contribution in [0, 0.1) is 0 Å². The van der Waals surface area contributed by atoms with Crippen LogP contribution >= 0.6 is 27.5 Å². The molecule has 1 aromatic heterocycles. The zero-order valence-corrected chi connectivity index (χ0v) is 22.2. The third-order valence-corrected chi connectivity index (χ3v) is 7.52. The van der Waals surface area contributed by atoms with Crippen molar-refractivity contribution in [3.8, 4) is 0 Å². The standard InChI is InChI=1S/C28H34BrClN4/c1-2-26(34-28-18-27(31-19-32-28)33-24-10-5-3-4-6-11-24)25(21-8-7-9-22(29)17-21)16-20-12-14-23(30)15-13-20/h7-9,12-15,17-19,24-26H,2-6,10-11,16H2,1H3,(H2,31,32,33,34)/t25-,26-/m0/s1.